The average Bonchev–Trinajstić information content (AvgIpc) is 3.56. The molecule has 53 heavy (non-hydrogen) atoms. The molecule has 0 unspecified atom stereocenters. The highest BCUT2D eigenvalue weighted by Crippen LogP contribution is 2.35. The maximum atomic E-state index is 5.34. The quantitative estimate of drug-likeness (QED) is 0.163. The van der Waals surface area contributed by atoms with E-state index in [-0.39, 0.29) is 0 Å². The lowest BCUT2D eigenvalue weighted by atomic mass is 9.97. The molecule has 0 N–H and O–H groups in total. The van der Waals surface area contributed by atoms with Crippen LogP contribution in [0.4, 0.5) is 0 Å². The predicted molar refractivity (Wildman–Crippen MR) is 222 cm³/mol. The topological polar surface area (TPSA) is 38.7 Å². The third-order valence-corrected chi connectivity index (χ3v) is 15.6. The summed E-state index contributed by atoms with van der Waals surface area (Å²) in [4.78, 5) is 15.8. The minimum Gasteiger partial charge on any atom is -0.208 e. The van der Waals surface area contributed by atoms with Gasteiger partial charge in [0.05, 0.1) is 0 Å². The Morgan fingerprint density at radius 1 is 0.302 bits per heavy atom. The molecule has 1 aromatic heterocycles. The molecule has 3 nitrogen and oxygen atoms in total. The summed E-state index contributed by atoms with van der Waals surface area (Å²) in [7, 11) is -2.81. The van der Waals surface area contributed by atoms with Gasteiger partial charge in [0.25, 0.3) is 0 Å². The molecular weight excluding hydrogens is 659 g/mol. The van der Waals surface area contributed by atoms with Gasteiger partial charge in [-0.3, -0.25) is 0 Å². The van der Waals surface area contributed by atoms with Crippen molar-refractivity contribution in [2.24, 2.45) is 0 Å². The average molecular weight is 692 g/mol. The molecule has 10 rings (SSSR count). The zero-order valence-electron chi connectivity index (χ0n) is 28.9. The summed E-state index contributed by atoms with van der Waals surface area (Å²) in [6.45, 7) is 0. The molecule has 0 bridgehead atoms. The van der Waals surface area contributed by atoms with Crippen molar-refractivity contribution in [2.75, 3.05) is 0 Å². The van der Waals surface area contributed by atoms with Crippen LogP contribution in [0.15, 0.2) is 200 Å². The second kappa shape index (κ2) is 12.8. The maximum Gasteiger partial charge on any atom is 0.181 e. The van der Waals surface area contributed by atoms with E-state index in [1.807, 2.05) is 18.2 Å². The second-order valence-corrected chi connectivity index (χ2v) is 17.2. The van der Waals surface area contributed by atoms with Crippen LogP contribution in [0.25, 0.3) is 67.2 Å². The van der Waals surface area contributed by atoms with Gasteiger partial charge >= 0.3 is 0 Å². The zero-order valence-corrected chi connectivity index (χ0v) is 29.9. The van der Waals surface area contributed by atoms with Gasteiger partial charge < -0.3 is 0 Å². The molecular formula is C49H33N3Si. The van der Waals surface area contributed by atoms with Crippen LogP contribution in [0.5, 0.6) is 0 Å². The molecule has 248 valence electrons. The molecule has 1 aliphatic rings. The SMILES string of the molecule is c1ccc(-c2nc(-c3ccc(-c4cccc5ccccc45)cc3)nc(-c3cccc4c3[Si](c3ccccc3)(c3ccccc3)c3ccccc3-4)n2)cc1. The fraction of sp³-hybridized carbons (Fsp3) is 0. The molecule has 0 fully saturated rings. The summed E-state index contributed by atoms with van der Waals surface area (Å²) in [5.41, 5.74) is 7.84. The lowest BCUT2D eigenvalue weighted by Gasteiger charge is -2.32. The highest BCUT2D eigenvalue weighted by atomic mass is 28.3. The van der Waals surface area contributed by atoms with Crippen LogP contribution in [0.3, 0.4) is 0 Å². The third-order valence-electron chi connectivity index (χ3n) is 10.6. The van der Waals surface area contributed by atoms with Crippen molar-refractivity contribution in [1.82, 2.24) is 15.0 Å². The fourth-order valence-corrected chi connectivity index (χ4v) is 13.7. The molecule has 0 saturated heterocycles. The van der Waals surface area contributed by atoms with E-state index in [0.29, 0.717) is 17.5 Å². The zero-order chi connectivity index (χ0) is 35.2. The van der Waals surface area contributed by atoms with Crippen molar-refractivity contribution in [2.45, 2.75) is 0 Å². The first kappa shape index (κ1) is 31.0. The van der Waals surface area contributed by atoms with Gasteiger partial charge in [-0.1, -0.05) is 200 Å². The maximum absolute atomic E-state index is 5.34. The summed E-state index contributed by atoms with van der Waals surface area (Å²) in [6, 6.07) is 71.7. The minimum absolute atomic E-state index is 0.651. The molecule has 0 aliphatic carbocycles. The minimum atomic E-state index is -2.81. The van der Waals surface area contributed by atoms with Crippen molar-refractivity contribution in [1.29, 1.82) is 0 Å². The molecule has 8 aromatic carbocycles. The van der Waals surface area contributed by atoms with E-state index in [9.17, 15) is 0 Å². The van der Waals surface area contributed by atoms with Crippen LogP contribution >= 0.6 is 0 Å². The highest BCUT2D eigenvalue weighted by Gasteiger charge is 2.50. The molecule has 1 aliphatic heterocycles. The van der Waals surface area contributed by atoms with Gasteiger partial charge in [-0.2, -0.15) is 0 Å². The van der Waals surface area contributed by atoms with E-state index in [1.54, 1.807) is 0 Å². The Bertz CT molecular complexity index is 2720. The molecule has 0 atom stereocenters. The van der Waals surface area contributed by atoms with Crippen LogP contribution in [0, 0.1) is 0 Å². The van der Waals surface area contributed by atoms with Gasteiger partial charge in [-0.05, 0) is 53.8 Å². The monoisotopic (exact) mass is 691 g/mol. The third kappa shape index (κ3) is 5.07. The lowest BCUT2D eigenvalue weighted by Crippen LogP contribution is -2.73. The fourth-order valence-electron chi connectivity index (χ4n) is 8.31. The van der Waals surface area contributed by atoms with Crippen molar-refractivity contribution >= 4 is 39.6 Å². The molecule has 9 aromatic rings. The van der Waals surface area contributed by atoms with Gasteiger partial charge in [0.1, 0.15) is 0 Å². The first-order valence-corrected chi connectivity index (χ1v) is 20.0. The summed E-state index contributed by atoms with van der Waals surface area (Å²) in [5, 5.41) is 7.85. The first-order chi connectivity index (χ1) is 26.3. The first-order valence-electron chi connectivity index (χ1n) is 18.0. The highest BCUT2D eigenvalue weighted by molar-refractivity contribution is 7.22. The lowest BCUT2D eigenvalue weighted by molar-refractivity contribution is 1.08. The van der Waals surface area contributed by atoms with Gasteiger partial charge in [0, 0.05) is 16.7 Å². The van der Waals surface area contributed by atoms with E-state index in [0.717, 1.165) is 22.3 Å². The van der Waals surface area contributed by atoms with E-state index in [4.69, 9.17) is 15.0 Å². The van der Waals surface area contributed by atoms with Crippen molar-refractivity contribution < 1.29 is 0 Å². The summed E-state index contributed by atoms with van der Waals surface area (Å²) < 4.78 is 0. The van der Waals surface area contributed by atoms with Crippen LogP contribution in [0.2, 0.25) is 0 Å². The standard InChI is InChI=1S/C49H33N3Si/c1-4-17-36(18-5-1)47-50-48(37-32-30-35(31-33-37)41-26-14-19-34-16-10-11-24-40(34)41)52-49(51-47)44-28-15-27-43-42-25-12-13-29-45(42)53(46(43)44,38-20-6-2-7-21-38)39-22-8-3-9-23-39/h1-33H. The van der Waals surface area contributed by atoms with Crippen LogP contribution in [-0.4, -0.2) is 23.0 Å². The summed E-state index contributed by atoms with van der Waals surface area (Å²) in [6.07, 6.45) is 0. The number of rotatable bonds is 6. The van der Waals surface area contributed by atoms with E-state index in [2.05, 4.69) is 182 Å². The second-order valence-electron chi connectivity index (χ2n) is 13.5. The number of aromatic nitrogens is 3. The number of hydrogen-bond donors (Lipinski definition) is 0. The Labute approximate surface area is 310 Å². The molecule has 4 heteroatoms. The number of fused-ring (bicyclic) bond motifs is 4. The van der Waals surface area contributed by atoms with Gasteiger partial charge in [0.15, 0.2) is 25.5 Å². The van der Waals surface area contributed by atoms with E-state index in [1.165, 1.54) is 48.2 Å². The van der Waals surface area contributed by atoms with Crippen LogP contribution < -0.4 is 20.7 Å². The molecule has 0 amide bonds. The number of hydrogen-bond acceptors (Lipinski definition) is 3. The van der Waals surface area contributed by atoms with E-state index >= 15 is 0 Å². The Morgan fingerprint density at radius 3 is 1.49 bits per heavy atom. The Kier molecular flexibility index (Phi) is 7.48. The molecule has 0 spiro atoms. The van der Waals surface area contributed by atoms with Crippen LogP contribution in [0.1, 0.15) is 0 Å². The smallest absolute Gasteiger partial charge is 0.181 e. The summed E-state index contributed by atoms with van der Waals surface area (Å²) in [5.74, 6) is 1.99. The van der Waals surface area contributed by atoms with Crippen molar-refractivity contribution in [3.05, 3.63) is 200 Å². The normalized spacial score (nSPS) is 12.7. The Morgan fingerprint density at radius 2 is 0.774 bits per heavy atom. The Hall–Kier alpha value is -6.75. The number of benzene rings is 8. The van der Waals surface area contributed by atoms with Crippen molar-refractivity contribution in [3.63, 3.8) is 0 Å². The van der Waals surface area contributed by atoms with Crippen molar-refractivity contribution in [3.8, 4) is 56.4 Å². The van der Waals surface area contributed by atoms with Crippen LogP contribution in [-0.2, 0) is 0 Å². The van der Waals surface area contributed by atoms with Gasteiger partial charge in [-0.15, -0.1) is 0 Å². The summed E-state index contributed by atoms with van der Waals surface area (Å²) >= 11 is 0. The van der Waals surface area contributed by atoms with Gasteiger partial charge in [-0.25, -0.2) is 15.0 Å². The van der Waals surface area contributed by atoms with Gasteiger partial charge in [0.2, 0.25) is 0 Å². The van der Waals surface area contributed by atoms with E-state index < -0.39 is 8.07 Å². The molecule has 0 radical (unpaired) electrons. The molecule has 0 saturated carbocycles. The molecule has 2 heterocycles. The number of nitrogens with zero attached hydrogens (tertiary/aromatic N) is 3. The predicted octanol–water partition coefficient (Wildman–Crippen LogP) is 9.05. The Balaban J connectivity index is 1.21. The largest absolute Gasteiger partial charge is 0.208 e.